The van der Waals surface area contributed by atoms with Crippen LogP contribution in [-0.2, 0) is 6.54 Å². The highest BCUT2D eigenvalue weighted by atomic mass is 35.5. The van der Waals surface area contributed by atoms with Gasteiger partial charge in [0.15, 0.2) is 10.9 Å². The zero-order valence-corrected chi connectivity index (χ0v) is 4.85. The van der Waals surface area contributed by atoms with E-state index in [1.54, 1.807) is 6.07 Å². The highest BCUT2D eigenvalue weighted by Crippen LogP contribution is 2.06. The van der Waals surface area contributed by atoms with Gasteiger partial charge in [0.25, 0.3) is 0 Å². The molecule has 0 bridgehead atoms. The van der Waals surface area contributed by atoms with Gasteiger partial charge in [0, 0.05) is 6.07 Å². The number of nitrogens with zero attached hydrogens (tertiary/aromatic N) is 1. The molecule has 0 atom stereocenters. The number of hydrogen-bond acceptors (Lipinski definition) is 3. The highest BCUT2D eigenvalue weighted by Gasteiger charge is 1.95. The van der Waals surface area contributed by atoms with E-state index in [2.05, 4.69) is 9.68 Å². The Morgan fingerprint density at radius 3 is 2.88 bits per heavy atom. The molecule has 0 saturated carbocycles. The Balaban J connectivity index is 2.84. The molecule has 0 spiro atoms. The van der Waals surface area contributed by atoms with Crippen molar-refractivity contribution < 1.29 is 4.52 Å². The number of rotatable bonds is 1. The standard InChI is InChI=1S/C4H5ClN2O/c5-4-1-3(2-6)8-7-4/h1H,2,6H2. The third-order valence-corrected chi connectivity index (χ3v) is 0.909. The van der Waals surface area contributed by atoms with Crippen LogP contribution in [0.1, 0.15) is 5.76 Å². The normalized spacial score (nSPS) is 9.75. The van der Waals surface area contributed by atoms with Gasteiger partial charge in [-0.25, -0.2) is 0 Å². The zero-order valence-electron chi connectivity index (χ0n) is 4.10. The van der Waals surface area contributed by atoms with Crippen molar-refractivity contribution in [1.82, 2.24) is 5.16 Å². The van der Waals surface area contributed by atoms with Crippen molar-refractivity contribution >= 4 is 11.6 Å². The van der Waals surface area contributed by atoms with Crippen LogP contribution in [0, 0.1) is 0 Å². The minimum Gasteiger partial charge on any atom is -0.358 e. The largest absolute Gasteiger partial charge is 0.358 e. The van der Waals surface area contributed by atoms with E-state index in [1.165, 1.54) is 0 Å². The summed E-state index contributed by atoms with van der Waals surface area (Å²) in [5, 5.41) is 3.75. The van der Waals surface area contributed by atoms with Gasteiger partial charge < -0.3 is 10.3 Å². The summed E-state index contributed by atoms with van der Waals surface area (Å²) in [6.45, 7) is 0.347. The predicted octanol–water partition coefficient (Wildman–Crippen LogP) is 0.787. The maximum atomic E-state index is 5.38. The summed E-state index contributed by atoms with van der Waals surface area (Å²) in [4.78, 5) is 0. The van der Waals surface area contributed by atoms with E-state index >= 15 is 0 Å². The van der Waals surface area contributed by atoms with E-state index in [4.69, 9.17) is 17.3 Å². The molecule has 44 valence electrons. The Bertz CT molecular complexity index is 174. The van der Waals surface area contributed by atoms with Crippen molar-refractivity contribution in [2.75, 3.05) is 0 Å². The fourth-order valence-electron chi connectivity index (χ4n) is 0.384. The second-order valence-electron chi connectivity index (χ2n) is 1.32. The molecule has 1 aromatic rings. The molecule has 8 heavy (non-hydrogen) atoms. The van der Waals surface area contributed by atoms with Crippen LogP contribution >= 0.6 is 11.6 Å². The maximum absolute atomic E-state index is 5.38. The molecule has 0 unspecified atom stereocenters. The lowest BCUT2D eigenvalue weighted by Crippen LogP contribution is -1.92. The smallest absolute Gasteiger partial charge is 0.172 e. The van der Waals surface area contributed by atoms with Gasteiger partial charge in [0.1, 0.15) is 0 Å². The molecule has 1 rings (SSSR count). The average molecular weight is 133 g/mol. The van der Waals surface area contributed by atoms with E-state index in [9.17, 15) is 0 Å². The number of halogens is 1. The van der Waals surface area contributed by atoms with E-state index in [0.29, 0.717) is 17.5 Å². The minimum atomic E-state index is 0.347. The maximum Gasteiger partial charge on any atom is 0.172 e. The lowest BCUT2D eigenvalue weighted by atomic mass is 10.5. The van der Waals surface area contributed by atoms with Gasteiger partial charge in [0.05, 0.1) is 6.54 Å². The predicted molar refractivity (Wildman–Crippen MR) is 29.4 cm³/mol. The first-order valence-corrected chi connectivity index (χ1v) is 2.52. The monoisotopic (exact) mass is 132 g/mol. The van der Waals surface area contributed by atoms with Gasteiger partial charge in [-0.3, -0.25) is 0 Å². The first-order chi connectivity index (χ1) is 3.83. The SMILES string of the molecule is NCc1cc(Cl)no1. The van der Waals surface area contributed by atoms with Crippen molar-refractivity contribution in [3.63, 3.8) is 0 Å². The Hall–Kier alpha value is -0.540. The van der Waals surface area contributed by atoms with Crippen LogP contribution in [0.2, 0.25) is 5.15 Å². The summed E-state index contributed by atoms with van der Waals surface area (Å²) in [6, 6.07) is 1.58. The quantitative estimate of drug-likeness (QED) is 0.615. The third kappa shape index (κ3) is 0.993. The molecule has 2 N–H and O–H groups in total. The molecule has 0 saturated heterocycles. The Labute approximate surface area is 51.4 Å². The summed E-state index contributed by atoms with van der Waals surface area (Å²) in [7, 11) is 0. The lowest BCUT2D eigenvalue weighted by Gasteiger charge is -1.77. The van der Waals surface area contributed by atoms with Gasteiger partial charge in [-0.15, -0.1) is 0 Å². The van der Waals surface area contributed by atoms with Crippen molar-refractivity contribution in [2.24, 2.45) is 5.73 Å². The van der Waals surface area contributed by atoms with Crippen LogP contribution in [0.15, 0.2) is 10.6 Å². The minimum absolute atomic E-state index is 0.347. The van der Waals surface area contributed by atoms with Crippen molar-refractivity contribution in [3.05, 3.63) is 17.0 Å². The summed E-state index contributed by atoms with van der Waals surface area (Å²) in [5.41, 5.74) is 5.17. The molecule has 0 amide bonds. The molecule has 0 aliphatic rings. The number of aromatic nitrogens is 1. The lowest BCUT2D eigenvalue weighted by molar-refractivity contribution is 0.385. The molecular formula is C4H5ClN2O. The van der Waals surface area contributed by atoms with E-state index < -0.39 is 0 Å². The first kappa shape index (κ1) is 5.59. The van der Waals surface area contributed by atoms with E-state index in [-0.39, 0.29) is 0 Å². The second kappa shape index (κ2) is 2.15. The summed E-state index contributed by atoms with van der Waals surface area (Å²) in [6.07, 6.45) is 0. The first-order valence-electron chi connectivity index (χ1n) is 2.14. The molecule has 1 heterocycles. The zero-order chi connectivity index (χ0) is 5.98. The van der Waals surface area contributed by atoms with Crippen LogP contribution in [0.25, 0.3) is 0 Å². The molecule has 0 aliphatic carbocycles. The highest BCUT2D eigenvalue weighted by molar-refractivity contribution is 6.29. The second-order valence-corrected chi connectivity index (χ2v) is 1.71. The van der Waals surface area contributed by atoms with Gasteiger partial charge in [-0.2, -0.15) is 0 Å². The van der Waals surface area contributed by atoms with Crippen LogP contribution < -0.4 is 5.73 Å². The molecule has 1 aromatic heterocycles. The van der Waals surface area contributed by atoms with Crippen molar-refractivity contribution in [3.8, 4) is 0 Å². The fraction of sp³-hybridized carbons (Fsp3) is 0.250. The van der Waals surface area contributed by atoms with Gasteiger partial charge in [-0.05, 0) is 0 Å². The third-order valence-electron chi connectivity index (χ3n) is 0.731. The average Bonchev–Trinajstić information content (AvgIpc) is 2.14. The summed E-state index contributed by atoms with van der Waals surface area (Å²) < 4.78 is 4.61. The van der Waals surface area contributed by atoms with Crippen molar-refractivity contribution in [2.45, 2.75) is 6.54 Å². The van der Waals surface area contributed by atoms with Crippen LogP contribution in [0.3, 0.4) is 0 Å². The summed E-state index contributed by atoms with van der Waals surface area (Å²) >= 11 is 5.38. The van der Waals surface area contributed by atoms with Crippen molar-refractivity contribution in [1.29, 1.82) is 0 Å². The van der Waals surface area contributed by atoms with Crippen LogP contribution in [0.5, 0.6) is 0 Å². The van der Waals surface area contributed by atoms with E-state index in [0.717, 1.165) is 0 Å². The molecule has 3 nitrogen and oxygen atoms in total. The van der Waals surface area contributed by atoms with Gasteiger partial charge in [0.2, 0.25) is 0 Å². The van der Waals surface area contributed by atoms with Crippen LogP contribution in [0.4, 0.5) is 0 Å². The van der Waals surface area contributed by atoms with Crippen LogP contribution in [-0.4, -0.2) is 5.16 Å². The molecule has 0 aromatic carbocycles. The number of hydrogen-bond donors (Lipinski definition) is 1. The van der Waals surface area contributed by atoms with E-state index in [1.807, 2.05) is 0 Å². The molecule has 0 aliphatic heterocycles. The number of nitrogens with two attached hydrogens (primary N) is 1. The molecule has 0 radical (unpaired) electrons. The molecular weight excluding hydrogens is 128 g/mol. The molecule has 0 fully saturated rings. The summed E-state index contributed by atoms with van der Waals surface area (Å²) in [5.74, 6) is 0.606. The topological polar surface area (TPSA) is 52.0 Å². The Kier molecular flexibility index (Phi) is 1.50. The van der Waals surface area contributed by atoms with Gasteiger partial charge >= 0.3 is 0 Å². The van der Waals surface area contributed by atoms with Gasteiger partial charge in [-0.1, -0.05) is 16.8 Å². The Morgan fingerprint density at radius 1 is 1.88 bits per heavy atom. The Morgan fingerprint density at radius 2 is 2.62 bits per heavy atom. The molecule has 4 heteroatoms. The fourth-order valence-corrected chi connectivity index (χ4v) is 0.540.